The Labute approximate surface area is 122 Å². The summed E-state index contributed by atoms with van der Waals surface area (Å²) < 4.78 is 0. The van der Waals surface area contributed by atoms with Crippen molar-refractivity contribution in [2.45, 2.75) is 37.5 Å². The van der Waals surface area contributed by atoms with Gasteiger partial charge >= 0.3 is 0 Å². The number of pyridine rings is 1. The van der Waals surface area contributed by atoms with E-state index >= 15 is 0 Å². The van der Waals surface area contributed by atoms with Crippen LogP contribution in [0.25, 0.3) is 10.8 Å². The molecule has 5 nitrogen and oxygen atoms in total. The van der Waals surface area contributed by atoms with E-state index in [1.54, 1.807) is 6.20 Å². The molecule has 0 spiro atoms. The van der Waals surface area contributed by atoms with Crippen LogP contribution in [0.2, 0.25) is 0 Å². The van der Waals surface area contributed by atoms with Crippen LogP contribution in [0, 0.1) is 0 Å². The summed E-state index contributed by atoms with van der Waals surface area (Å²) in [6.07, 6.45) is 1.92. The molecule has 2 aromatic rings. The summed E-state index contributed by atoms with van der Waals surface area (Å²) in [6.45, 7) is 0. The Bertz CT molecular complexity index is 654. The van der Waals surface area contributed by atoms with Gasteiger partial charge in [0.15, 0.2) is 0 Å². The van der Waals surface area contributed by atoms with Crippen LogP contribution in [-0.4, -0.2) is 39.4 Å². The van der Waals surface area contributed by atoms with Gasteiger partial charge in [-0.1, -0.05) is 24.3 Å². The van der Waals surface area contributed by atoms with Gasteiger partial charge in [-0.15, -0.1) is 0 Å². The van der Waals surface area contributed by atoms with Crippen molar-refractivity contribution < 1.29 is 15.0 Å². The van der Waals surface area contributed by atoms with E-state index in [9.17, 15) is 15.0 Å². The third-order valence-corrected chi connectivity index (χ3v) is 4.03. The first-order valence-electron chi connectivity index (χ1n) is 7.17. The minimum atomic E-state index is -0.919. The highest BCUT2D eigenvalue weighted by atomic mass is 16.3. The normalized spacial score (nSPS) is 25.7. The first-order chi connectivity index (χ1) is 10.2. The third-order valence-electron chi connectivity index (χ3n) is 4.03. The van der Waals surface area contributed by atoms with Gasteiger partial charge in [0.05, 0.1) is 18.2 Å². The molecule has 0 radical (unpaired) electrons. The first-order valence-corrected chi connectivity index (χ1v) is 7.17. The Balaban J connectivity index is 1.84. The van der Waals surface area contributed by atoms with Gasteiger partial charge in [-0.25, -0.2) is 0 Å². The van der Waals surface area contributed by atoms with Gasteiger partial charge in [-0.3, -0.25) is 9.78 Å². The van der Waals surface area contributed by atoms with Gasteiger partial charge in [-0.05, 0) is 30.7 Å². The first kappa shape index (κ1) is 14.0. The number of hydrogen-bond donors (Lipinski definition) is 3. The Hall–Kier alpha value is -1.98. The van der Waals surface area contributed by atoms with E-state index < -0.39 is 18.2 Å². The van der Waals surface area contributed by atoms with E-state index in [1.165, 1.54) is 0 Å². The molecule has 3 rings (SSSR count). The fraction of sp³-hybridized carbons (Fsp3) is 0.375. The quantitative estimate of drug-likeness (QED) is 0.775. The van der Waals surface area contributed by atoms with Crippen molar-refractivity contribution in [3.05, 3.63) is 42.2 Å². The summed E-state index contributed by atoms with van der Waals surface area (Å²) in [4.78, 5) is 16.6. The molecule has 1 aliphatic rings. The van der Waals surface area contributed by atoms with Crippen molar-refractivity contribution in [2.24, 2.45) is 0 Å². The molecule has 21 heavy (non-hydrogen) atoms. The second-order valence-electron chi connectivity index (χ2n) is 5.45. The van der Waals surface area contributed by atoms with Crippen molar-refractivity contribution in [3.8, 4) is 0 Å². The van der Waals surface area contributed by atoms with Gasteiger partial charge in [0.1, 0.15) is 5.69 Å². The van der Waals surface area contributed by atoms with E-state index in [2.05, 4.69) is 10.3 Å². The lowest BCUT2D eigenvalue weighted by Crippen LogP contribution is -2.51. The molecule has 1 aliphatic carbocycles. The SMILES string of the molecule is O=C(N[C@@H]1CCC[C@@H](O)[C@@H]1O)c1nccc2ccccc12. The summed E-state index contributed by atoms with van der Waals surface area (Å²) >= 11 is 0. The van der Waals surface area contributed by atoms with E-state index in [0.29, 0.717) is 18.5 Å². The zero-order valence-corrected chi connectivity index (χ0v) is 11.6. The van der Waals surface area contributed by atoms with Crippen LogP contribution in [0.1, 0.15) is 29.8 Å². The molecule has 5 heteroatoms. The number of hydrogen-bond acceptors (Lipinski definition) is 4. The largest absolute Gasteiger partial charge is 0.390 e. The number of aliphatic hydroxyl groups excluding tert-OH is 2. The molecule has 1 amide bonds. The molecule has 0 bridgehead atoms. The predicted molar refractivity (Wildman–Crippen MR) is 78.9 cm³/mol. The van der Waals surface area contributed by atoms with Crippen LogP contribution < -0.4 is 5.32 Å². The van der Waals surface area contributed by atoms with Gasteiger partial charge in [0.25, 0.3) is 5.91 Å². The molecular formula is C16H18N2O3. The molecule has 3 atom stereocenters. The van der Waals surface area contributed by atoms with Crippen molar-refractivity contribution in [2.75, 3.05) is 0 Å². The number of amides is 1. The highest BCUT2D eigenvalue weighted by Crippen LogP contribution is 2.21. The lowest BCUT2D eigenvalue weighted by atomic mass is 9.90. The van der Waals surface area contributed by atoms with Gasteiger partial charge in [0, 0.05) is 11.6 Å². The van der Waals surface area contributed by atoms with E-state index in [1.807, 2.05) is 30.3 Å². The standard InChI is InChI=1S/C16H18N2O3/c19-13-7-3-6-12(15(13)20)18-16(21)14-11-5-2-1-4-10(11)8-9-17-14/h1-2,4-5,8-9,12-13,15,19-20H,3,6-7H2,(H,18,21)/t12-,13-,15-/m1/s1. The lowest BCUT2D eigenvalue weighted by molar-refractivity contribution is -0.0278. The number of benzene rings is 1. The Morgan fingerprint density at radius 3 is 2.86 bits per heavy atom. The molecule has 1 heterocycles. The molecular weight excluding hydrogens is 268 g/mol. The summed E-state index contributed by atoms with van der Waals surface area (Å²) in [5.74, 6) is -0.315. The van der Waals surface area contributed by atoms with Gasteiger partial charge in [-0.2, -0.15) is 0 Å². The lowest BCUT2D eigenvalue weighted by Gasteiger charge is -2.32. The summed E-state index contributed by atoms with van der Waals surface area (Å²) in [5, 5.41) is 24.2. The number of carbonyl (C=O) groups is 1. The van der Waals surface area contributed by atoms with Crippen LogP contribution in [0.4, 0.5) is 0 Å². The number of nitrogens with zero attached hydrogens (tertiary/aromatic N) is 1. The predicted octanol–water partition coefficient (Wildman–Crippen LogP) is 1.24. The smallest absolute Gasteiger partial charge is 0.270 e. The summed E-state index contributed by atoms with van der Waals surface area (Å²) in [5.41, 5.74) is 0.348. The van der Waals surface area contributed by atoms with Crippen LogP contribution in [0.3, 0.4) is 0 Å². The van der Waals surface area contributed by atoms with Gasteiger partial charge in [0.2, 0.25) is 0 Å². The number of fused-ring (bicyclic) bond motifs is 1. The molecule has 0 unspecified atom stereocenters. The molecule has 3 N–H and O–H groups in total. The zero-order chi connectivity index (χ0) is 14.8. The molecule has 0 aliphatic heterocycles. The van der Waals surface area contributed by atoms with Crippen LogP contribution >= 0.6 is 0 Å². The molecule has 110 valence electrons. The maximum atomic E-state index is 12.4. The number of nitrogens with one attached hydrogen (secondary N) is 1. The van der Waals surface area contributed by atoms with Crippen molar-refractivity contribution in [1.29, 1.82) is 0 Å². The van der Waals surface area contributed by atoms with Crippen LogP contribution in [-0.2, 0) is 0 Å². The van der Waals surface area contributed by atoms with Crippen molar-refractivity contribution >= 4 is 16.7 Å². The minimum absolute atomic E-state index is 0.315. The molecule has 1 aromatic carbocycles. The molecule has 1 fully saturated rings. The number of carbonyl (C=O) groups excluding carboxylic acids is 1. The maximum absolute atomic E-state index is 12.4. The highest BCUT2D eigenvalue weighted by molar-refractivity contribution is 6.05. The number of aromatic nitrogens is 1. The third kappa shape index (κ3) is 2.75. The topological polar surface area (TPSA) is 82.5 Å². The number of rotatable bonds is 2. The van der Waals surface area contributed by atoms with E-state index in [0.717, 1.165) is 17.2 Å². The fourth-order valence-corrected chi connectivity index (χ4v) is 2.85. The van der Waals surface area contributed by atoms with E-state index in [4.69, 9.17) is 0 Å². The Kier molecular flexibility index (Phi) is 3.86. The monoisotopic (exact) mass is 286 g/mol. The number of aliphatic hydroxyl groups is 2. The van der Waals surface area contributed by atoms with Crippen molar-refractivity contribution in [1.82, 2.24) is 10.3 Å². The summed E-state index contributed by atoms with van der Waals surface area (Å²) in [6, 6.07) is 8.97. The molecule has 1 aromatic heterocycles. The zero-order valence-electron chi connectivity index (χ0n) is 11.6. The van der Waals surface area contributed by atoms with Crippen molar-refractivity contribution in [3.63, 3.8) is 0 Å². The average Bonchev–Trinajstić information content (AvgIpc) is 2.51. The Morgan fingerprint density at radius 1 is 1.19 bits per heavy atom. The second-order valence-corrected chi connectivity index (χ2v) is 5.45. The fourth-order valence-electron chi connectivity index (χ4n) is 2.85. The second kappa shape index (κ2) is 5.79. The van der Waals surface area contributed by atoms with Crippen LogP contribution in [0.15, 0.2) is 36.5 Å². The van der Waals surface area contributed by atoms with Gasteiger partial charge < -0.3 is 15.5 Å². The molecule has 1 saturated carbocycles. The van der Waals surface area contributed by atoms with E-state index in [-0.39, 0.29) is 5.91 Å². The maximum Gasteiger partial charge on any atom is 0.270 e. The average molecular weight is 286 g/mol. The summed E-state index contributed by atoms with van der Waals surface area (Å²) in [7, 11) is 0. The Morgan fingerprint density at radius 2 is 2.00 bits per heavy atom. The highest BCUT2D eigenvalue weighted by Gasteiger charge is 2.32. The molecule has 0 saturated heterocycles. The minimum Gasteiger partial charge on any atom is -0.390 e. The van der Waals surface area contributed by atoms with Crippen LogP contribution in [0.5, 0.6) is 0 Å².